The van der Waals surface area contributed by atoms with Crippen molar-refractivity contribution in [1.29, 1.82) is 5.26 Å². The number of carboxylic acids is 1. The molecular weight excluding hydrogens is 262 g/mol. The number of carbonyl (C=O) groups is 1. The van der Waals surface area contributed by atoms with Gasteiger partial charge in [-0.2, -0.15) is 5.26 Å². The number of allylic oxidation sites excluding steroid dienone is 1. The molecule has 0 saturated heterocycles. The zero-order valence-electron chi connectivity index (χ0n) is 10.7. The zero-order valence-corrected chi connectivity index (χ0v) is 11.5. The quantitative estimate of drug-likeness (QED) is 0.857. The standard InChI is InChI=1S/C15H14ClNO2/c1-15(2)12(13(15)14(18)19)10(8-17)7-9-5-3-4-6-11(9)16/h3-7,12-13H,1-2H3,(H,18,19)/b10-7-. The number of benzene rings is 1. The maximum Gasteiger partial charge on any atom is 0.307 e. The second kappa shape index (κ2) is 4.71. The summed E-state index contributed by atoms with van der Waals surface area (Å²) < 4.78 is 0. The van der Waals surface area contributed by atoms with Crippen LogP contribution in [0.15, 0.2) is 29.8 Å². The molecule has 2 unspecified atom stereocenters. The van der Waals surface area contributed by atoms with E-state index < -0.39 is 11.9 Å². The van der Waals surface area contributed by atoms with Crippen LogP contribution in [0.2, 0.25) is 5.02 Å². The van der Waals surface area contributed by atoms with Gasteiger partial charge in [0.15, 0.2) is 0 Å². The molecule has 1 aromatic carbocycles. The molecule has 1 aliphatic carbocycles. The molecule has 4 heteroatoms. The summed E-state index contributed by atoms with van der Waals surface area (Å²) in [4.78, 5) is 11.2. The Labute approximate surface area is 117 Å². The van der Waals surface area contributed by atoms with Crippen LogP contribution in [0.4, 0.5) is 0 Å². The highest BCUT2D eigenvalue weighted by molar-refractivity contribution is 6.32. The van der Waals surface area contributed by atoms with E-state index in [2.05, 4.69) is 6.07 Å². The van der Waals surface area contributed by atoms with Gasteiger partial charge in [-0.3, -0.25) is 4.79 Å². The Morgan fingerprint density at radius 1 is 1.42 bits per heavy atom. The third-order valence-corrected chi connectivity index (χ3v) is 4.12. The van der Waals surface area contributed by atoms with Crippen LogP contribution in [0.5, 0.6) is 0 Å². The molecule has 3 nitrogen and oxygen atoms in total. The number of aliphatic carboxylic acids is 1. The largest absolute Gasteiger partial charge is 0.481 e. The van der Waals surface area contributed by atoms with Crippen molar-refractivity contribution in [3.05, 3.63) is 40.4 Å². The molecule has 98 valence electrons. The van der Waals surface area contributed by atoms with Crippen molar-refractivity contribution in [3.63, 3.8) is 0 Å². The molecule has 2 atom stereocenters. The van der Waals surface area contributed by atoms with E-state index in [1.165, 1.54) is 0 Å². The van der Waals surface area contributed by atoms with Crippen LogP contribution < -0.4 is 0 Å². The average molecular weight is 276 g/mol. The van der Waals surface area contributed by atoms with Crippen molar-refractivity contribution in [2.24, 2.45) is 17.3 Å². The lowest BCUT2D eigenvalue weighted by molar-refractivity contribution is -0.139. The van der Waals surface area contributed by atoms with E-state index in [0.29, 0.717) is 10.6 Å². The monoisotopic (exact) mass is 275 g/mol. The molecule has 19 heavy (non-hydrogen) atoms. The van der Waals surface area contributed by atoms with Gasteiger partial charge in [0.1, 0.15) is 0 Å². The van der Waals surface area contributed by atoms with Gasteiger partial charge in [0.2, 0.25) is 0 Å². The van der Waals surface area contributed by atoms with Gasteiger partial charge in [0.05, 0.1) is 12.0 Å². The average Bonchev–Trinajstić information content (AvgIpc) is 2.91. The Bertz CT molecular complexity index is 598. The van der Waals surface area contributed by atoms with Crippen LogP contribution in [-0.4, -0.2) is 11.1 Å². The smallest absolute Gasteiger partial charge is 0.307 e. The first-order valence-electron chi connectivity index (χ1n) is 5.98. The van der Waals surface area contributed by atoms with Gasteiger partial charge < -0.3 is 5.11 Å². The van der Waals surface area contributed by atoms with E-state index in [0.717, 1.165) is 5.56 Å². The normalized spacial score (nSPS) is 24.6. The van der Waals surface area contributed by atoms with Crippen molar-refractivity contribution >= 4 is 23.6 Å². The molecule has 2 rings (SSSR count). The van der Waals surface area contributed by atoms with E-state index >= 15 is 0 Å². The summed E-state index contributed by atoms with van der Waals surface area (Å²) in [5.74, 6) is -1.59. The molecule has 0 aliphatic heterocycles. The van der Waals surface area contributed by atoms with Crippen LogP contribution in [0.3, 0.4) is 0 Å². The van der Waals surface area contributed by atoms with Crippen LogP contribution in [-0.2, 0) is 4.79 Å². The van der Waals surface area contributed by atoms with Crippen molar-refractivity contribution in [2.75, 3.05) is 0 Å². The summed E-state index contributed by atoms with van der Waals surface area (Å²) >= 11 is 6.05. The fourth-order valence-corrected chi connectivity index (χ4v) is 2.82. The summed E-state index contributed by atoms with van der Waals surface area (Å²) in [6, 6.07) is 9.32. The Morgan fingerprint density at radius 2 is 2.05 bits per heavy atom. The van der Waals surface area contributed by atoms with Gasteiger partial charge in [-0.1, -0.05) is 43.6 Å². The molecule has 1 aromatic rings. The van der Waals surface area contributed by atoms with Gasteiger partial charge in [0.25, 0.3) is 0 Å². The molecule has 0 heterocycles. The second-order valence-corrected chi connectivity index (χ2v) is 5.76. The minimum absolute atomic E-state index is 0.244. The topological polar surface area (TPSA) is 61.1 Å². The highest BCUT2D eigenvalue weighted by atomic mass is 35.5. The van der Waals surface area contributed by atoms with Gasteiger partial charge in [-0.15, -0.1) is 0 Å². The SMILES string of the molecule is CC1(C)C(C(=O)O)C1/C(C#N)=C\c1ccccc1Cl. The van der Waals surface area contributed by atoms with E-state index in [9.17, 15) is 10.1 Å². The number of rotatable bonds is 3. The number of hydrogen-bond acceptors (Lipinski definition) is 2. The lowest BCUT2D eigenvalue weighted by Crippen LogP contribution is -2.03. The maximum atomic E-state index is 11.2. The van der Waals surface area contributed by atoms with Crippen LogP contribution in [0, 0.1) is 28.6 Å². The van der Waals surface area contributed by atoms with Crippen LogP contribution in [0.25, 0.3) is 6.08 Å². The molecule has 0 spiro atoms. The van der Waals surface area contributed by atoms with Crippen molar-refractivity contribution in [1.82, 2.24) is 0 Å². The summed E-state index contributed by atoms with van der Waals surface area (Å²) in [6.45, 7) is 3.74. The second-order valence-electron chi connectivity index (χ2n) is 5.35. The van der Waals surface area contributed by atoms with Gasteiger partial charge >= 0.3 is 5.97 Å². The molecule has 0 aromatic heterocycles. The molecule has 0 amide bonds. The Hall–Kier alpha value is -1.79. The van der Waals surface area contributed by atoms with Crippen LogP contribution >= 0.6 is 11.6 Å². The molecule has 1 N–H and O–H groups in total. The summed E-state index contributed by atoms with van der Waals surface area (Å²) in [5.41, 5.74) is 0.840. The summed E-state index contributed by atoms with van der Waals surface area (Å²) in [5, 5.41) is 19.0. The predicted molar refractivity (Wildman–Crippen MR) is 73.4 cm³/mol. The number of carboxylic acid groups (broad SMARTS) is 1. The van der Waals surface area contributed by atoms with Gasteiger partial charge in [0, 0.05) is 16.5 Å². The van der Waals surface area contributed by atoms with E-state index in [1.54, 1.807) is 12.1 Å². The minimum Gasteiger partial charge on any atom is -0.481 e. The van der Waals surface area contributed by atoms with Crippen molar-refractivity contribution < 1.29 is 9.90 Å². The van der Waals surface area contributed by atoms with E-state index in [4.69, 9.17) is 16.7 Å². The third kappa shape index (κ3) is 2.36. The first kappa shape index (κ1) is 13.6. The van der Waals surface area contributed by atoms with E-state index in [-0.39, 0.29) is 11.3 Å². The number of hydrogen-bond donors (Lipinski definition) is 1. The fourth-order valence-electron chi connectivity index (χ4n) is 2.63. The highest BCUT2D eigenvalue weighted by Crippen LogP contribution is 2.61. The first-order valence-corrected chi connectivity index (χ1v) is 6.36. The lowest BCUT2D eigenvalue weighted by Gasteiger charge is -2.02. The molecular formula is C15H14ClNO2. The molecule has 1 aliphatic rings. The van der Waals surface area contributed by atoms with E-state index in [1.807, 2.05) is 32.0 Å². The Kier molecular flexibility index (Phi) is 3.38. The molecule has 1 saturated carbocycles. The number of nitrogens with zero attached hydrogens (tertiary/aromatic N) is 1. The van der Waals surface area contributed by atoms with Gasteiger partial charge in [-0.05, 0) is 23.1 Å². The first-order chi connectivity index (χ1) is 8.89. The molecule has 0 radical (unpaired) electrons. The van der Waals surface area contributed by atoms with Gasteiger partial charge in [-0.25, -0.2) is 0 Å². The Balaban J connectivity index is 2.36. The van der Waals surface area contributed by atoms with Crippen molar-refractivity contribution in [2.45, 2.75) is 13.8 Å². The minimum atomic E-state index is -0.852. The highest BCUT2D eigenvalue weighted by Gasteiger charge is 2.63. The number of nitriles is 1. The summed E-state index contributed by atoms with van der Waals surface area (Å²) in [7, 11) is 0. The zero-order chi connectivity index (χ0) is 14.2. The van der Waals surface area contributed by atoms with Crippen LogP contribution in [0.1, 0.15) is 19.4 Å². The maximum absolute atomic E-state index is 11.2. The van der Waals surface area contributed by atoms with Crippen molar-refractivity contribution in [3.8, 4) is 6.07 Å². The molecule has 1 fully saturated rings. The Morgan fingerprint density at radius 3 is 2.53 bits per heavy atom. The third-order valence-electron chi connectivity index (χ3n) is 3.77. The fraction of sp³-hybridized carbons (Fsp3) is 0.333. The predicted octanol–water partition coefficient (Wildman–Crippen LogP) is 3.60. The lowest BCUT2D eigenvalue weighted by atomic mass is 10.0. The number of halogens is 1. The molecule has 0 bridgehead atoms. The summed E-state index contributed by atoms with van der Waals surface area (Å²) in [6.07, 6.45) is 1.69.